The van der Waals surface area contributed by atoms with Crippen LogP contribution in [0.3, 0.4) is 0 Å². The summed E-state index contributed by atoms with van der Waals surface area (Å²) < 4.78 is 26.5. The van der Waals surface area contributed by atoms with Gasteiger partial charge in [0.15, 0.2) is 0 Å². The van der Waals surface area contributed by atoms with Crippen LogP contribution < -0.4 is 4.74 Å². The summed E-state index contributed by atoms with van der Waals surface area (Å²) in [6.07, 6.45) is 12.9. The summed E-state index contributed by atoms with van der Waals surface area (Å²) in [7, 11) is 0. The molecule has 4 heteroatoms. The van der Waals surface area contributed by atoms with Crippen molar-refractivity contribution in [1.82, 2.24) is 0 Å². The SMILES string of the molecule is C=C1c2cc(-c3ccc4oc5ccccc5c4c3)ccc2OC2CC3=C(C=C2C1(C)C)c1oc2ccc(C4=Cc5c(oc6c5C=CCC6C)CC4)cc2c1C3(C)C. The standard InChI is InChI=1S/C53H44O4/c1-28-10-9-12-35-38-24-32(16-20-46(38)56-50(28)35)33-17-21-47-40(25-33)49-51(57-47)39-26-42-48(27-41(39)53(49,5)6)55-44-18-14-30(22-36(44)29(2)52(42,3)4)31-15-19-45-37(23-31)34-11-7-8-13-43(34)54-45/h7-9,11-15,17-19,21-26,28,48H,2,10,16,20,27H2,1,3-6H3. The Labute approximate surface area is 332 Å². The molecule has 1 aliphatic heterocycles. The minimum absolute atomic E-state index is 0.111. The average molecular weight is 745 g/mol. The minimum Gasteiger partial charge on any atom is -0.485 e. The van der Waals surface area contributed by atoms with Gasteiger partial charge in [-0.1, -0.05) is 89.7 Å². The average Bonchev–Trinajstić information content (AvgIpc) is 3.94. The van der Waals surface area contributed by atoms with E-state index in [0.29, 0.717) is 5.92 Å². The first-order valence-electron chi connectivity index (χ1n) is 20.5. The Kier molecular flexibility index (Phi) is 6.58. The van der Waals surface area contributed by atoms with Gasteiger partial charge in [-0.3, -0.25) is 0 Å². The van der Waals surface area contributed by atoms with Crippen LogP contribution in [0.25, 0.3) is 72.9 Å². The van der Waals surface area contributed by atoms with Crippen molar-refractivity contribution in [2.45, 2.75) is 77.7 Å². The van der Waals surface area contributed by atoms with Crippen LogP contribution in [-0.4, -0.2) is 6.10 Å². The highest BCUT2D eigenvalue weighted by Gasteiger charge is 2.48. The Bertz CT molecular complexity index is 3080. The largest absolute Gasteiger partial charge is 0.485 e. The van der Waals surface area contributed by atoms with Crippen LogP contribution in [0.1, 0.15) is 105 Å². The van der Waals surface area contributed by atoms with E-state index in [1.807, 2.05) is 12.1 Å². The van der Waals surface area contributed by atoms with E-state index in [1.54, 1.807) is 0 Å². The van der Waals surface area contributed by atoms with Crippen LogP contribution in [0.5, 0.6) is 5.75 Å². The molecule has 5 aliphatic rings. The molecule has 0 bridgehead atoms. The molecule has 7 aromatic rings. The molecule has 4 aromatic carbocycles. The maximum Gasteiger partial charge on any atom is 0.139 e. The summed E-state index contributed by atoms with van der Waals surface area (Å²) in [5, 5.41) is 3.46. The Morgan fingerprint density at radius 3 is 2.33 bits per heavy atom. The van der Waals surface area contributed by atoms with Crippen LogP contribution in [0.15, 0.2) is 122 Å². The molecule has 12 rings (SSSR count). The predicted octanol–water partition coefficient (Wildman–Crippen LogP) is 14.5. The highest BCUT2D eigenvalue weighted by molar-refractivity contribution is 6.06. The van der Waals surface area contributed by atoms with Crippen molar-refractivity contribution in [3.05, 3.63) is 154 Å². The fraction of sp³-hybridized carbons (Fsp3) is 0.245. The van der Waals surface area contributed by atoms with Gasteiger partial charge in [0, 0.05) is 73.6 Å². The normalized spacial score (nSPS) is 21.3. The topological polar surface area (TPSA) is 48.7 Å². The van der Waals surface area contributed by atoms with Crippen molar-refractivity contribution in [3.8, 4) is 16.9 Å². The molecule has 4 nitrogen and oxygen atoms in total. The lowest BCUT2D eigenvalue weighted by Gasteiger charge is -2.36. The zero-order chi connectivity index (χ0) is 38.5. The first kappa shape index (κ1) is 33.2. The molecule has 0 spiro atoms. The van der Waals surface area contributed by atoms with Gasteiger partial charge in [-0.15, -0.1) is 0 Å². The number of fused-ring (bicyclic) bond motifs is 12. The van der Waals surface area contributed by atoms with Gasteiger partial charge in [-0.2, -0.15) is 0 Å². The number of ether oxygens (including phenoxy) is 1. The third kappa shape index (κ3) is 4.56. The van der Waals surface area contributed by atoms with E-state index in [4.69, 9.17) is 24.6 Å². The molecular formula is C53H44O4. The fourth-order valence-electron chi connectivity index (χ4n) is 10.7. The van der Waals surface area contributed by atoms with Crippen molar-refractivity contribution < 1.29 is 18.0 Å². The second kappa shape index (κ2) is 11.3. The first-order chi connectivity index (χ1) is 27.5. The molecule has 0 saturated heterocycles. The van der Waals surface area contributed by atoms with Crippen molar-refractivity contribution >= 4 is 61.8 Å². The van der Waals surface area contributed by atoms with Crippen LogP contribution in [0, 0.1) is 5.41 Å². The van der Waals surface area contributed by atoms with E-state index in [-0.39, 0.29) is 16.9 Å². The Balaban J connectivity index is 0.909. The van der Waals surface area contributed by atoms with Crippen molar-refractivity contribution in [1.29, 1.82) is 0 Å². The number of aryl methyl sites for hydroxylation is 1. The molecule has 0 amide bonds. The van der Waals surface area contributed by atoms with Gasteiger partial charge in [-0.05, 0) is 106 Å². The lowest BCUT2D eigenvalue weighted by Crippen LogP contribution is -2.32. The summed E-state index contributed by atoms with van der Waals surface area (Å²) in [6, 6.07) is 28.1. The predicted molar refractivity (Wildman–Crippen MR) is 232 cm³/mol. The quantitative estimate of drug-likeness (QED) is 0.177. The monoisotopic (exact) mass is 744 g/mol. The lowest BCUT2D eigenvalue weighted by atomic mass is 9.68. The van der Waals surface area contributed by atoms with E-state index in [9.17, 15) is 0 Å². The fourth-order valence-corrected chi connectivity index (χ4v) is 10.7. The number of hydrogen-bond donors (Lipinski definition) is 0. The highest BCUT2D eigenvalue weighted by atomic mass is 16.5. The molecule has 280 valence electrons. The van der Waals surface area contributed by atoms with Gasteiger partial charge in [-0.25, -0.2) is 0 Å². The highest BCUT2D eigenvalue weighted by Crippen LogP contribution is 2.59. The molecule has 2 unspecified atom stereocenters. The third-order valence-electron chi connectivity index (χ3n) is 14.1. The minimum atomic E-state index is -0.352. The molecule has 3 aromatic heterocycles. The zero-order valence-corrected chi connectivity index (χ0v) is 33.1. The maximum absolute atomic E-state index is 7.08. The van der Waals surface area contributed by atoms with Crippen LogP contribution in [0.2, 0.25) is 0 Å². The van der Waals surface area contributed by atoms with Crippen molar-refractivity contribution in [2.75, 3.05) is 0 Å². The maximum atomic E-state index is 7.08. The molecule has 4 aliphatic carbocycles. The molecule has 2 atom stereocenters. The molecule has 0 radical (unpaired) electrons. The van der Waals surface area contributed by atoms with Gasteiger partial charge in [0.25, 0.3) is 0 Å². The zero-order valence-electron chi connectivity index (χ0n) is 33.1. The van der Waals surface area contributed by atoms with E-state index in [1.165, 1.54) is 49.9 Å². The van der Waals surface area contributed by atoms with Gasteiger partial charge in [0.05, 0.1) is 0 Å². The molecule has 0 N–H and O–H groups in total. The lowest BCUT2D eigenvalue weighted by molar-refractivity contribution is 0.217. The molecule has 0 fully saturated rings. The number of hydrogen-bond acceptors (Lipinski definition) is 4. The van der Waals surface area contributed by atoms with Gasteiger partial charge >= 0.3 is 0 Å². The first-order valence-corrected chi connectivity index (χ1v) is 20.5. The summed E-state index contributed by atoms with van der Waals surface area (Å²) in [5.41, 5.74) is 16.9. The van der Waals surface area contributed by atoms with Crippen LogP contribution >= 0.6 is 0 Å². The Morgan fingerprint density at radius 1 is 0.702 bits per heavy atom. The second-order valence-corrected chi connectivity index (χ2v) is 18.0. The van der Waals surface area contributed by atoms with Gasteiger partial charge < -0.3 is 18.0 Å². The molecule has 0 saturated carbocycles. The van der Waals surface area contributed by atoms with E-state index >= 15 is 0 Å². The van der Waals surface area contributed by atoms with Crippen LogP contribution in [0.4, 0.5) is 0 Å². The van der Waals surface area contributed by atoms with Crippen LogP contribution in [-0.2, 0) is 11.8 Å². The summed E-state index contributed by atoms with van der Waals surface area (Å²) in [5.74, 6) is 4.60. The Morgan fingerprint density at radius 2 is 1.46 bits per heavy atom. The molecule has 57 heavy (non-hydrogen) atoms. The Hall–Kier alpha value is -6.00. The van der Waals surface area contributed by atoms with Crippen molar-refractivity contribution in [3.63, 3.8) is 0 Å². The number of furan rings is 3. The van der Waals surface area contributed by atoms with E-state index < -0.39 is 0 Å². The van der Waals surface area contributed by atoms with Gasteiger partial charge in [0.2, 0.25) is 0 Å². The summed E-state index contributed by atoms with van der Waals surface area (Å²) in [4.78, 5) is 0. The third-order valence-corrected chi connectivity index (χ3v) is 14.1. The van der Waals surface area contributed by atoms with Crippen molar-refractivity contribution in [2.24, 2.45) is 5.41 Å². The number of para-hydroxylation sites is 1. The van der Waals surface area contributed by atoms with E-state index in [0.717, 1.165) is 98.5 Å². The van der Waals surface area contributed by atoms with E-state index in [2.05, 4.69) is 126 Å². The molecule has 4 heterocycles. The van der Waals surface area contributed by atoms with Gasteiger partial charge in [0.1, 0.15) is 45.9 Å². The molecular weight excluding hydrogens is 701 g/mol. The smallest absolute Gasteiger partial charge is 0.139 e. The number of allylic oxidation sites excluding steroid dienone is 5. The summed E-state index contributed by atoms with van der Waals surface area (Å²) >= 11 is 0. The number of rotatable bonds is 2. The second-order valence-electron chi connectivity index (χ2n) is 18.0. The summed E-state index contributed by atoms with van der Waals surface area (Å²) in [6.45, 7) is 16.4. The number of benzene rings is 4.